The van der Waals surface area contributed by atoms with E-state index in [0.717, 1.165) is 0 Å². The van der Waals surface area contributed by atoms with Gasteiger partial charge in [0, 0.05) is 5.54 Å². The summed E-state index contributed by atoms with van der Waals surface area (Å²) in [5.41, 5.74) is -0.858. The van der Waals surface area contributed by atoms with E-state index in [2.05, 4.69) is 5.32 Å². The molecule has 1 amide bonds. The van der Waals surface area contributed by atoms with Crippen molar-refractivity contribution in [2.75, 3.05) is 18.1 Å². The first-order valence-electron chi connectivity index (χ1n) is 5.08. The third kappa shape index (κ3) is 7.94. The zero-order chi connectivity index (χ0) is 13.7. The van der Waals surface area contributed by atoms with Crippen molar-refractivity contribution in [3.8, 4) is 0 Å². The van der Waals surface area contributed by atoms with Gasteiger partial charge in [-0.15, -0.1) is 0 Å². The van der Waals surface area contributed by atoms with Gasteiger partial charge < -0.3 is 20.6 Å². The Morgan fingerprint density at radius 3 is 2.35 bits per heavy atom. The molecule has 1 atom stereocenters. The van der Waals surface area contributed by atoms with Crippen LogP contribution in [0.1, 0.15) is 20.3 Å². The largest absolute Gasteiger partial charge is 0.465 e. The van der Waals surface area contributed by atoms with Crippen LogP contribution in [0, 0.1) is 0 Å². The first-order valence-corrected chi connectivity index (χ1v) is 6.90. The third-order valence-electron chi connectivity index (χ3n) is 2.14. The molecule has 0 aliphatic rings. The van der Waals surface area contributed by atoms with Crippen molar-refractivity contribution in [1.29, 1.82) is 0 Å². The van der Waals surface area contributed by atoms with Crippen molar-refractivity contribution in [2.24, 2.45) is 0 Å². The Labute approximate surface area is 100 Å². The summed E-state index contributed by atoms with van der Waals surface area (Å²) in [6.07, 6.45) is -2.42. The minimum absolute atomic E-state index is 0.0970. The van der Waals surface area contributed by atoms with E-state index in [1.165, 1.54) is 0 Å². The van der Waals surface area contributed by atoms with Gasteiger partial charge in [0.1, 0.15) is 0 Å². The van der Waals surface area contributed by atoms with Crippen molar-refractivity contribution in [2.45, 2.75) is 31.9 Å². The summed E-state index contributed by atoms with van der Waals surface area (Å²) in [5.74, 6) is -0.774. The van der Waals surface area contributed by atoms with Crippen LogP contribution in [-0.2, 0) is 9.84 Å². The molecule has 0 rings (SSSR count). The number of aliphatic hydroxyl groups excluding tert-OH is 2. The number of hydrogen-bond acceptors (Lipinski definition) is 5. The van der Waals surface area contributed by atoms with Gasteiger partial charge in [-0.3, -0.25) is 0 Å². The van der Waals surface area contributed by atoms with Crippen LogP contribution in [0.2, 0.25) is 0 Å². The smallest absolute Gasteiger partial charge is 0.405 e. The zero-order valence-corrected chi connectivity index (χ0v) is 10.7. The SMILES string of the molecule is CC(C)(CCS(=O)(=O)CC(O)CO)NC(=O)O. The van der Waals surface area contributed by atoms with Crippen LogP contribution >= 0.6 is 0 Å². The van der Waals surface area contributed by atoms with Crippen molar-refractivity contribution < 1.29 is 28.5 Å². The predicted molar refractivity (Wildman–Crippen MR) is 61.6 cm³/mol. The highest BCUT2D eigenvalue weighted by atomic mass is 32.2. The maximum absolute atomic E-state index is 11.5. The average molecular weight is 269 g/mol. The van der Waals surface area contributed by atoms with Crippen molar-refractivity contribution in [3.63, 3.8) is 0 Å². The van der Waals surface area contributed by atoms with Crippen molar-refractivity contribution in [1.82, 2.24) is 5.32 Å². The van der Waals surface area contributed by atoms with Gasteiger partial charge in [0.25, 0.3) is 0 Å². The summed E-state index contributed by atoms with van der Waals surface area (Å²) in [4.78, 5) is 10.4. The van der Waals surface area contributed by atoms with Gasteiger partial charge in [0.15, 0.2) is 9.84 Å². The first-order chi connectivity index (χ1) is 7.58. The maximum Gasteiger partial charge on any atom is 0.405 e. The van der Waals surface area contributed by atoms with Crippen LogP contribution in [0.3, 0.4) is 0 Å². The van der Waals surface area contributed by atoms with Gasteiger partial charge in [-0.25, -0.2) is 13.2 Å². The van der Waals surface area contributed by atoms with Crippen LogP contribution < -0.4 is 5.32 Å². The number of carbonyl (C=O) groups is 1. The number of nitrogens with one attached hydrogen (secondary N) is 1. The number of aliphatic hydroxyl groups is 2. The fraction of sp³-hybridized carbons (Fsp3) is 0.889. The third-order valence-corrected chi connectivity index (χ3v) is 3.86. The number of hydrogen-bond donors (Lipinski definition) is 4. The highest BCUT2D eigenvalue weighted by Gasteiger charge is 2.24. The lowest BCUT2D eigenvalue weighted by atomic mass is 10.0. The van der Waals surface area contributed by atoms with Gasteiger partial charge in [0.2, 0.25) is 0 Å². The van der Waals surface area contributed by atoms with Gasteiger partial charge in [0.05, 0.1) is 24.2 Å². The quantitative estimate of drug-likeness (QED) is 0.479. The van der Waals surface area contributed by atoms with E-state index in [4.69, 9.17) is 15.3 Å². The molecule has 7 nitrogen and oxygen atoms in total. The molecule has 0 spiro atoms. The zero-order valence-electron chi connectivity index (χ0n) is 9.88. The molecule has 1 unspecified atom stereocenters. The summed E-state index contributed by atoms with van der Waals surface area (Å²) in [7, 11) is -3.50. The van der Waals surface area contributed by atoms with Crippen LogP contribution in [0.15, 0.2) is 0 Å². The first kappa shape index (κ1) is 16.1. The molecule has 0 aliphatic carbocycles. The molecule has 0 aliphatic heterocycles. The molecule has 0 saturated heterocycles. The molecule has 0 aromatic rings. The predicted octanol–water partition coefficient (Wildman–Crippen LogP) is -0.809. The van der Waals surface area contributed by atoms with Crippen LogP contribution in [0.5, 0.6) is 0 Å². The maximum atomic E-state index is 11.5. The summed E-state index contributed by atoms with van der Waals surface area (Å²) < 4.78 is 23.0. The van der Waals surface area contributed by atoms with Crippen molar-refractivity contribution >= 4 is 15.9 Å². The lowest BCUT2D eigenvalue weighted by molar-refractivity contribution is 0.112. The summed E-state index contributed by atoms with van der Waals surface area (Å²) in [6, 6.07) is 0. The molecule has 0 fully saturated rings. The van der Waals surface area contributed by atoms with Crippen LogP contribution in [0.25, 0.3) is 0 Å². The van der Waals surface area contributed by atoms with E-state index in [9.17, 15) is 13.2 Å². The highest BCUT2D eigenvalue weighted by Crippen LogP contribution is 2.11. The van der Waals surface area contributed by atoms with E-state index >= 15 is 0 Å². The molecule has 102 valence electrons. The molecular weight excluding hydrogens is 250 g/mol. The Kier molecular flexibility index (Phi) is 5.86. The van der Waals surface area contributed by atoms with Gasteiger partial charge >= 0.3 is 6.09 Å². The molecule has 0 aromatic carbocycles. The fourth-order valence-electron chi connectivity index (χ4n) is 1.19. The Bertz CT molecular complexity index is 350. The topological polar surface area (TPSA) is 124 Å². The fourth-order valence-corrected chi connectivity index (χ4v) is 2.87. The van der Waals surface area contributed by atoms with Gasteiger partial charge in [-0.05, 0) is 20.3 Å². The Morgan fingerprint density at radius 1 is 1.41 bits per heavy atom. The highest BCUT2D eigenvalue weighted by molar-refractivity contribution is 7.91. The van der Waals surface area contributed by atoms with Crippen molar-refractivity contribution in [3.05, 3.63) is 0 Å². The molecule has 0 bridgehead atoms. The lowest BCUT2D eigenvalue weighted by Gasteiger charge is -2.24. The Hall–Kier alpha value is -0.860. The second-order valence-electron chi connectivity index (χ2n) is 4.51. The molecule has 0 heterocycles. The monoisotopic (exact) mass is 269 g/mol. The average Bonchev–Trinajstić information content (AvgIpc) is 2.12. The number of amides is 1. The molecular formula is C9H19NO6S. The van der Waals surface area contributed by atoms with Crippen LogP contribution in [-0.4, -0.2) is 59.6 Å². The number of rotatable bonds is 7. The second kappa shape index (κ2) is 6.18. The molecule has 0 saturated carbocycles. The summed E-state index contributed by atoms with van der Waals surface area (Å²) >= 11 is 0. The minimum Gasteiger partial charge on any atom is -0.465 e. The van der Waals surface area contributed by atoms with Crippen LogP contribution in [0.4, 0.5) is 4.79 Å². The van der Waals surface area contributed by atoms with Gasteiger partial charge in [-0.1, -0.05) is 0 Å². The Morgan fingerprint density at radius 2 is 1.94 bits per heavy atom. The van der Waals surface area contributed by atoms with Gasteiger partial charge in [-0.2, -0.15) is 0 Å². The lowest BCUT2D eigenvalue weighted by Crippen LogP contribution is -2.44. The van der Waals surface area contributed by atoms with E-state index in [0.29, 0.717) is 0 Å². The standard InChI is InChI=1S/C9H19NO6S/c1-9(2,10-8(13)14)3-4-17(15,16)6-7(12)5-11/h7,10-12H,3-6H2,1-2H3,(H,13,14). The molecule has 4 N–H and O–H groups in total. The summed E-state index contributed by atoms with van der Waals surface area (Å²) in [5, 5.41) is 28.3. The molecule has 0 aromatic heterocycles. The molecule has 8 heteroatoms. The number of sulfone groups is 1. The minimum atomic E-state index is -3.50. The van der Waals surface area contributed by atoms with E-state index in [1.54, 1.807) is 13.8 Å². The van der Waals surface area contributed by atoms with E-state index in [-0.39, 0.29) is 12.2 Å². The van der Waals surface area contributed by atoms with E-state index in [1.807, 2.05) is 0 Å². The van der Waals surface area contributed by atoms with E-state index < -0.39 is 39.9 Å². The molecule has 17 heavy (non-hydrogen) atoms. The molecule has 0 radical (unpaired) electrons. The number of carboxylic acid groups (broad SMARTS) is 1. The summed E-state index contributed by atoms with van der Waals surface area (Å²) in [6.45, 7) is 2.52. The second-order valence-corrected chi connectivity index (χ2v) is 6.74. The normalized spacial score (nSPS) is 14.4. The Balaban J connectivity index is 4.31.